The summed E-state index contributed by atoms with van der Waals surface area (Å²) in [5, 5.41) is 4.42. The Morgan fingerprint density at radius 3 is 2.74 bits per heavy atom. The standard InChI is InChI=1S/C15H21N3O/c1-10-6-5-7-13(8-10)19-15-14(9-11(2)16)12(3)17-18(15)4/h5-8,11H,9,16H2,1-4H3. The van der Waals surface area contributed by atoms with E-state index in [0.29, 0.717) is 0 Å². The molecule has 2 rings (SSSR count). The number of benzene rings is 1. The van der Waals surface area contributed by atoms with Crippen LogP contribution in [0.15, 0.2) is 24.3 Å². The molecule has 1 heterocycles. The van der Waals surface area contributed by atoms with Crippen LogP contribution in [-0.2, 0) is 13.5 Å². The van der Waals surface area contributed by atoms with Gasteiger partial charge in [0.25, 0.3) is 0 Å². The van der Waals surface area contributed by atoms with Crippen molar-refractivity contribution in [3.8, 4) is 11.6 Å². The molecule has 1 unspecified atom stereocenters. The van der Waals surface area contributed by atoms with Crippen LogP contribution in [0.5, 0.6) is 11.6 Å². The molecule has 0 bridgehead atoms. The summed E-state index contributed by atoms with van der Waals surface area (Å²) in [5.41, 5.74) is 9.12. The van der Waals surface area contributed by atoms with E-state index in [1.54, 1.807) is 4.68 Å². The maximum Gasteiger partial charge on any atom is 0.221 e. The average molecular weight is 259 g/mol. The van der Waals surface area contributed by atoms with Gasteiger partial charge in [0, 0.05) is 18.7 Å². The molecule has 0 radical (unpaired) electrons. The van der Waals surface area contributed by atoms with E-state index in [-0.39, 0.29) is 6.04 Å². The second-order valence-corrected chi connectivity index (χ2v) is 5.09. The minimum atomic E-state index is 0.0859. The number of rotatable bonds is 4. The summed E-state index contributed by atoms with van der Waals surface area (Å²) in [6.45, 7) is 6.02. The lowest BCUT2D eigenvalue weighted by molar-refractivity contribution is 0.424. The Labute approximate surface area is 114 Å². The van der Waals surface area contributed by atoms with Crippen molar-refractivity contribution in [2.24, 2.45) is 12.8 Å². The summed E-state index contributed by atoms with van der Waals surface area (Å²) in [7, 11) is 1.89. The van der Waals surface area contributed by atoms with E-state index in [4.69, 9.17) is 10.5 Å². The van der Waals surface area contributed by atoms with Crippen molar-refractivity contribution in [3.05, 3.63) is 41.1 Å². The van der Waals surface area contributed by atoms with Gasteiger partial charge in [0.15, 0.2) is 0 Å². The second-order valence-electron chi connectivity index (χ2n) is 5.09. The number of hydrogen-bond acceptors (Lipinski definition) is 3. The zero-order chi connectivity index (χ0) is 14.0. The van der Waals surface area contributed by atoms with Gasteiger partial charge in [-0.1, -0.05) is 12.1 Å². The van der Waals surface area contributed by atoms with Gasteiger partial charge in [0.05, 0.1) is 5.69 Å². The Hall–Kier alpha value is -1.81. The molecule has 19 heavy (non-hydrogen) atoms. The molecule has 2 N–H and O–H groups in total. The first-order valence-electron chi connectivity index (χ1n) is 6.50. The first kappa shape index (κ1) is 13.6. The summed E-state index contributed by atoms with van der Waals surface area (Å²) in [4.78, 5) is 0. The van der Waals surface area contributed by atoms with Crippen molar-refractivity contribution in [1.82, 2.24) is 9.78 Å². The Kier molecular flexibility index (Phi) is 3.90. The Morgan fingerprint density at radius 2 is 2.11 bits per heavy atom. The van der Waals surface area contributed by atoms with Crippen molar-refractivity contribution in [3.63, 3.8) is 0 Å². The molecule has 4 heteroatoms. The Bertz CT molecular complexity index is 573. The van der Waals surface area contributed by atoms with Crippen LogP contribution in [0.2, 0.25) is 0 Å². The zero-order valence-corrected chi connectivity index (χ0v) is 12.0. The minimum Gasteiger partial charge on any atom is -0.439 e. The number of hydrogen-bond donors (Lipinski definition) is 1. The topological polar surface area (TPSA) is 53.1 Å². The van der Waals surface area contributed by atoms with Crippen molar-refractivity contribution in [2.75, 3.05) is 0 Å². The number of aryl methyl sites for hydroxylation is 3. The highest BCUT2D eigenvalue weighted by molar-refractivity contribution is 5.37. The van der Waals surface area contributed by atoms with E-state index in [2.05, 4.69) is 5.10 Å². The summed E-state index contributed by atoms with van der Waals surface area (Å²) in [6, 6.07) is 8.08. The molecular formula is C15H21N3O. The monoisotopic (exact) mass is 259 g/mol. The molecule has 4 nitrogen and oxygen atoms in total. The van der Waals surface area contributed by atoms with Crippen LogP contribution < -0.4 is 10.5 Å². The van der Waals surface area contributed by atoms with Crippen molar-refractivity contribution in [1.29, 1.82) is 0 Å². The van der Waals surface area contributed by atoms with Gasteiger partial charge in [0.2, 0.25) is 5.88 Å². The molecule has 2 aromatic rings. The second kappa shape index (κ2) is 5.45. The molecule has 1 aromatic heterocycles. The van der Waals surface area contributed by atoms with Gasteiger partial charge in [-0.25, -0.2) is 4.68 Å². The van der Waals surface area contributed by atoms with E-state index in [1.807, 2.05) is 52.1 Å². The molecule has 0 amide bonds. The molecule has 0 aliphatic heterocycles. The molecule has 1 atom stereocenters. The highest BCUT2D eigenvalue weighted by atomic mass is 16.5. The van der Waals surface area contributed by atoms with Crippen LogP contribution >= 0.6 is 0 Å². The summed E-state index contributed by atoms with van der Waals surface area (Å²) < 4.78 is 7.76. The quantitative estimate of drug-likeness (QED) is 0.918. The summed E-state index contributed by atoms with van der Waals surface area (Å²) in [6.07, 6.45) is 0.765. The fourth-order valence-electron chi connectivity index (χ4n) is 2.16. The number of nitrogens with zero attached hydrogens (tertiary/aromatic N) is 2. The normalized spacial score (nSPS) is 12.5. The van der Waals surface area contributed by atoms with E-state index < -0.39 is 0 Å². The minimum absolute atomic E-state index is 0.0859. The lowest BCUT2D eigenvalue weighted by Crippen LogP contribution is -2.18. The van der Waals surface area contributed by atoms with Crippen LogP contribution in [0, 0.1) is 13.8 Å². The summed E-state index contributed by atoms with van der Waals surface area (Å²) >= 11 is 0. The number of ether oxygens (including phenoxy) is 1. The molecule has 0 fully saturated rings. The third-order valence-electron chi connectivity index (χ3n) is 3.02. The third-order valence-corrected chi connectivity index (χ3v) is 3.02. The maximum atomic E-state index is 5.99. The molecule has 0 saturated heterocycles. The molecular weight excluding hydrogens is 238 g/mol. The van der Waals surface area contributed by atoms with Crippen molar-refractivity contribution >= 4 is 0 Å². The van der Waals surface area contributed by atoms with Gasteiger partial charge in [-0.2, -0.15) is 5.10 Å². The van der Waals surface area contributed by atoms with E-state index in [0.717, 1.165) is 29.3 Å². The third kappa shape index (κ3) is 3.15. The first-order valence-corrected chi connectivity index (χ1v) is 6.50. The van der Waals surface area contributed by atoms with Gasteiger partial charge < -0.3 is 10.5 Å². The van der Waals surface area contributed by atoms with Crippen LogP contribution in [0.4, 0.5) is 0 Å². The predicted octanol–water partition coefficient (Wildman–Crippen LogP) is 2.72. The Balaban J connectivity index is 2.33. The lowest BCUT2D eigenvalue weighted by Gasteiger charge is -2.10. The fraction of sp³-hybridized carbons (Fsp3) is 0.400. The van der Waals surface area contributed by atoms with Crippen LogP contribution in [0.3, 0.4) is 0 Å². The van der Waals surface area contributed by atoms with Crippen molar-refractivity contribution < 1.29 is 4.74 Å². The van der Waals surface area contributed by atoms with Gasteiger partial charge >= 0.3 is 0 Å². The van der Waals surface area contributed by atoms with Gasteiger partial charge in [-0.3, -0.25) is 0 Å². The molecule has 0 aliphatic carbocycles. The molecule has 0 aliphatic rings. The number of nitrogens with two attached hydrogens (primary N) is 1. The van der Waals surface area contributed by atoms with E-state index in [9.17, 15) is 0 Å². The van der Waals surface area contributed by atoms with Gasteiger partial charge in [-0.05, 0) is 44.9 Å². The molecule has 102 valence electrons. The van der Waals surface area contributed by atoms with Gasteiger partial charge in [0.1, 0.15) is 5.75 Å². The van der Waals surface area contributed by atoms with E-state index in [1.165, 1.54) is 5.56 Å². The largest absolute Gasteiger partial charge is 0.439 e. The fourth-order valence-corrected chi connectivity index (χ4v) is 2.16. The predicted molar refractivity (Wildman–Crippen MR) is 76.6 cm³/mol. The molecule has 0 saturated carbocycles. The van der Waals surface area contributed by atoms with Crippen LogP contribution in [-0.4, -0.2) is 15.8 Å². The SMILES string of the molecule is Cc1cccc(Oc2c(CC(C)N)c(C)nn2C)c1. The molecule has 0 spiro atoms. The first-order chi connectivity index (χ1) is 8.97. The smallest absolute Gasteiger partial charge is 0.221 e. The van der Waals surface area contributed by atoms with Gasteiger partial charge in [-0.15, -0.1) is 0 Å². The Morgan fingerprint density at radius 1 is 1.37 bits per heavy atom. The molecule has 1 aromatic carbocycles. The highest BCUT2D eigenvalue weighted by Crippen LogP contribution is 2.28. The summed E-state index contributed by atoms with van der Waals surface area (Å²) in [5.74, 6) is 1.61. The van der Waals surface area contributed by atoms with Crippen molar-refractivity contribution in [2.45, 2.75) is 33.2 Å². The number of aromatic nitrogens is 2. The van der Waals surface area contributed by atoms with E-state index >= 15 is 0 Å². The highest BCUT2D eigenvalue weighted by Gasteiger charge is 2.16. The van der Waals surface area contributed by atoms with Crippen LogP contribution in [0.1, 0.15) is 23.7 Å². The average Bonchev–Trinajstić information content (AvgIpc) is 2.56. The lowest BCUT2D eigenvalue weighted by atomic mass is 10.1. The zero-order valence-electron chi connectivity index (χ0n) is 12.0. The van der Waals surface area contributed by atoms with Crippen LogP contribution in [0.25, 0.3) is 0 Å². The maximum absolute atomic E-state index is 5.99.